The molecule has 1 amide bonds. The van der Waals surface area contributed by atoms with Crippen LogP contribution in [0.5, 0.6) is 0 Å². The number of amides is 1. The van der Waals surface area contributed by atoms with E-state index in [1.54, 1.807) is 29.2 Å². The van der Waals surface area contributed by atoms with Gasteiger partial charge >= 0.3 is 0 Å². The molecule has 1 aliphatic heterocycles. The molecule has 0 spiro atoms. The summed E-state index contributed by atoms with van der Waals surface area (Å²) in [5.74, 6) is -0.849. The van der Waals surface area contributed by atoms with E-state index in [-0.39, 0.29) is 41.6 Å². The van der Waals surface area contributed by atoms with Crippen molar-refractivity contribution in [2.45, 2.75) is 11.3 Å². The Bertz CT molecular complexity index is 1530. The highest BCUT2D eigenvalue weighted by Crippen LogP contribution is 2.20. The van der Waals surface area contributed by atoms with E-state index in [1.807, 2.05) is 0 Å². The summed E-state index contributed by atoms with van der Waals surface area (Å²) in [7, 11) is -3.80. The molecule has 11 heteroatoms. The second-order valence-corrected chi connectivity index (χ2v) is 9.73. The number of fused-ring (bicyclic) bond motifs is 3. The molecule has 0 aliphatic carbocycles. The summed E-state index contributed by atoms with van der Waals surface area (Å²) in [5, 5.41) is 4.75. The molecule has 1 aliphatic rings. The largest absolute Gasteiger partial charge is 0.337 e. The zero-order valence-corrected chi connectivity index (χ0v) is 18.3. The Kier molecular flexibility index (Phi) is 5.22. The van der Waals surface area contributed by atoms with E-state index >= 15 is 0 Å². The van der Waals surface area contributed by atoms with E-state index in [1.165, 1.54) is 27.2 Å². The molecule has 1 N–H and O–H groups in total. The molecule has 0 radical (unpaired) electrons. The van der Waals surface area contributed by atoms with Crippen LogP contribution in [0.2, 0.25) is 0 Å². The quantitative estimate of drug-likeness (QED) is 0.493. The van der Waals surface area contributed by atoms with Crippen LogP contribution in [0.25, 0.3) is 16.6 Å². The number of carbonyl (C=O) groups is 1. The number of hydrogen-bond acceptors (Lipinski definition) is 5. The predicted molar refractivity (Wildman–Crippen MR) is 119 cm³/mol. The van der Waals surface area contributed by atoms with Crippen LogP contribution in [0.4, 0.5) is 4.39 Å². The monoisotopic (exact) mass is 469 g/mol. The van der Waals surface area contributed by atoms with Crippen LogP contribution < -0.4 is 5.56 Å². The number of nitrogens with zero attached hydrogens (tertiary/aromatic N) is 4. The Labute approximate surface area is 188 Å². The van der Waals surface area contributed by atoms with Gasteiger partial charge < -0.3 is 9.88 Å². The van der Waals surface area contributed by atoms with Gasteiger partial charge in [0.15, 0.2) is 0 Å². The number of para-hydroxylation sites is 1. The number of halogens is 1. The molecule has 3 heterocycles. The molecule has 1 fully saturated rings. The summed E-state index contributed by atoms with van der Waals surface area (Å²) < 4.78 is 41.9. The Morgan fingerprint density at radius 1 is 1.00 bits per heavy atom. The average Bonchev–Trinajstić information content (AvgIpc) is 3.06. The van der Waals surface area contributed by atoms with Gasteiger partial charge in [0.05, 0.1) is 22.0 Å². The third kappa shape index (κ3) is 3.68. The molecule has 1 saturated heterocycles. The summed E-state index contributed by atoms with van der Waals surface area (Å²) in [6.07, 6.45) is 1.85. The lowest BCUT2D eigenvalue weighted by Gasteiger charge is -2.21. The first-order valence-corrected chi connectivity index (χ1v) is 11.8. The first-order valence-electron chi connectivity index (χ1n) is 10.4. The normalized spacial score (nSPS) is 15.7. The van der Waals surface area contributed by atoms with Gasteiger partial charge in [0.25, 0.3) is 11.5 Å². The van der Waals surface area contributed by atoms with E-state index in [0.717, 1.165) is 12.1 Å². The maximum Gasteiger partial charge on any atom is 0.259 e. The highest BCUT2D eigenvalue weighted by atomic mass is 32.2. The van der Waals surface area contributed by atoms with Gasteiger partial charge in [-0.05, 0) is 42.8 Å². The second-order valence-electron chi connectivity index (χ2n) is 7.79. The molecule has 0 bridgehead atoms. The van der Waals surface area contributed by atoms with Gasteiger partial charge in [0, 0.05) is 26.2 Å². The molecular weight excluding hydrogens is 449 g/mol. The van der Waals surface area contributed by atoms with Crippen LogP contribution in [0.15, 0.2) is 64.4 Å². The summed E-state index contributed by atoms with van der Waals surface area (Å²) in [4.78, 5) is 30.1. The highest BCUT2D eigenvalue weighted by Gasteiger charge is 2.29. The molecule has 4 aromatic rings. The topological polar surface area (TPSA) is 108 Å². The molecule has 9 nitrogen and oxygen atoms in total. The maximum atomic E-state index is 13.3. The van der Waals surface area contributed by atoms with Crippen molar-refractivity contribution in [2.24, 2.45) is 0 Å². The van der Waals surface area contributed by atoms with Crippen LogP contribution in [0, 0.1) is 5.82 Å². The van der Waals surface area contributed by atoms with E-state index in [2.05, 4.69) is 10.1 Å². The minimum absolute atomic E-state index is 0.00996. The van der Waals surface area contributed by atoms with Crippen molar-refractivity contribution in [3.8, 4) is 0 Å². The van der Waals surface area contributed by atoms with Gasteiger partial charge in [-0.2, -0.15) is 9.40 Å². The number of hydrogen-bond donors (Lipinski definition) is 1. The van der Waals surface area contributed by atoms with E-state index < -0.39 is 15.8 Å². The van der Waals surface area contributed by atoms with Crippen LogP contribution in [0.3, 0.4) is 0 Å². The van der Waals surface area contributed by atoms with Crippen molar-refractivity contribution in [1.82, 2.24) is 23.8 Å². The summed E-state index contributed by atoms with van der Waals surface area (Å²) >= 11 is 0. The molecule has 170 valence electrons. The summed E-state index contributed by atoms with van der Waals surface area (Å²) in [6.45, 7) is 0.863. The molecule has 2 aromatic carbocycles. The molecule has 5 rings (SSSR count). The number of nitrogens with one attached hydrogen (secondary N) is 1. The minimum Gasteiger partial charge on any atom is -0.337 e. The number of rotatable bonds is 3. The Hall–Kier alpha value is -3.57. The smallest absolute Gasteiger partial charge is 0.259 e. The standard InChI is InChI=1S/C22H20FN5O4S/c23-15-6-8-16(9-7-15)33(31,32)27-11-3-10-26(12-13-27)22(30)18-14-24-28-19-5-2-1-4-17(19)21(29)25-20(18)28/h1-2,4-9,14H,3,10-13H2,(H,25,29). The van der Waals surface area contributed by atoms with Crippen molar-refractivity contribution >= 4 is 32.5 Å². The lowest BCUT2D eigenvalue weighted by molar-refractivity contribution is 0.0766. The lowest BCUT2D eigenvalue weighted by atomic mass is 10.2. The number of aromatic amines is 1. The van der Waals surface area contributed by atoms with Gasteiger partial charge in [-0.1, -0.05) is 12.1 Å². The maximum absolute atomic E-state index is 13.3. The Balaban J connectivity index is 1.41. The van der Waals surface area contributed by atoms with Crippen LogP contribution in [-0.4, -0.2) is 64.3 Å². The van der Waals surface area contributed by atoms with Crippen molar-refractivity contribution in [3.05, 3.63) is 76.5 Å². The predicted octanol–water partition coefficient (Wildman–Crippen LogP) is 1.85. The number of carbonyl (C=O) groups excluding carboxylic acids is 1. The molecule has 0 atom stereocenters. The third-order valence-electron chi connectivity index (χ3n) is 5.80. The number of aromatic nitrogens is 3. The first kappa shape index (κ1) is 21.3. The number of H-pyrrole nitrogens is 1. The lowest BCUT2D eigenvalue weighted by Crippen LogP contribution is -2.37. The number of sulfonamides is 1. The summed E-state index contributed by atoms with van der Waals surface area (Å²) in [5.41, 5.74) is 0.805. The number of benzene rings is 2. The fourth-order valence-corrected chi connectivity index (χ4v) is 5.57. The zero-order chi connectivity index (χ0) is 23.2. The molecular formula is C22H20FN5O4S. The van der Waals surface area contributed by atoms with Crippen molar-refractivity contribution in [1.29, 1.82) is 0 Å². The molecule has 0 unspecified atom stereocenters. The molecule has 0 saturated carbocycles. The molecule has 33 heavy (non-hydrogen) atoms. The van der Waals surface area contributed by atoms with Gasteiger partial charge in [0.2, 0.25) is 10.0 Å². The van der Waals surface area contributed by atoms with Crippen molar-refractivity contribution in [2.75, 3.05) is 26.2 Å². The van der Waals surface area contributed by atoms with E-state index in [9.17, 15) is 22.4 Å². The van der Waals surface area contributed by atoms with Crippen LogP contribution in [-0.2, 0) is 10.0 Å². The van der Waals surface area contributed by atoms with Gasteiger partial charge in [-0.25, -0.2) is 17.3 Å². The summed E-state index contributed by atoms with van der Waals surface area (Å²) in [6, 6.07) is 11.7. The van der Waals surface area contributed by atoms with Gasteiger partial charge in [0.1, 0.15) is 17.0 Å². The van der Waals surface area contributed by atoms with Crippen LogP contribution in [0.1, 0.15) is 16.8 Å². The highest BCUT2D eigenvalue weighted by molar-refractivity contribution is 7.89. The van der Waals surface area contributed by atoms with E-state index in [0.29, 0.717) is 29.5 Å². The van der Waals surface area contributed by atoms with Crippen LogP contribution >= 0.6 is 0 Å². The Morgan fingerprint density at radius 3 is 2.55 bits per heavy atom. The van der Waals surface area contributed by atoms with Crippen molar-refractivity contribution < 1.29 is 17.6 Å². The average molecular weight is 469 g/mol. The Morgan fingerprint density at radius 2 is 1.76 bits per heavy atom. The fraction of sp³-hybridized carbons (Fsp3) is 0.227. The van der Waals surface area contributed by atoms with Gasteiger partial charge in [-0.3, -0.25) is 9.59 Å². The molecule has 2 aromatic heterocycles. The minimum atomic E-state index is -3.80. The van der Waals surface area contributed by atoms with E-state index in [4.69, 9.17) is 0 Å². The third-order valence-corrected chi connectivity index (χ3v) is 7.71. The zero-order valence-electron chi connectivity index (χ0n) is 17.4. The SMILES string of the molecule is O=C(c1cnn2c1[nH]c(=O)c1ccccc12)N1CCCN(S(=O)(=O)c2ccc(F)cc2)CC1. The fourth-order valence-electron chi connectivity index (χ4n) is 4.10. The van der Waals surface area contributed by atoms with Crippen molar-refractivity contribution in [3.63, 3.8) is 0 Å². The second kappa shape index (κ2) is 8.09. The van der Waals surface area contributed by atoms with Gasteiger partial charge in [-0.15, -0.1) is 0 Å². The first-order chi connectivity index (χ1) is 15.9.